The maximum atomic E-state index is 9.30. The fourth-order valence-corrected chi connectivity index (χ4v) is 2.74. The number of aliphatic hydroxyl groups is 1. The zero-order chi connectivity index (χ0) is 15.2. The number of anilines is 1. The molecule has 0 radical (unpaired) electrons. The van der Waals surface area contributed by atoms with Crippen LogP contribution in [0.4, 0.5) is 5.69 Å². The monoisotopic (exact) mass is 292 g/mol. The number of nitrogens with one attached hydrogen (secondary N) is 1. The summed E-state index contributed by atoms with van der Waals surface area (Å²) in [4.78, 5) is 2.33. The van der Waals surface area contributed by atoms with Crippen LogP contribution in [0.5, 0.6) is 0 Å². The first-order valence-electron chi connectivity index (χ1n) is 7.95. The van der Waals surface area contributed by atoms with E-state index >= 15 is 0 Å². The third kappa shape index (κ3) is 4.19. The van der Waals surface area contributed by atoms with E-state index in [0.29, 0.717) is 12.6 Å². The molecule has 2 N–H and O–H groups in total. The van der Waals surface area contributed by atoms with Crippen molar-refractivity contribution < 1.29 is 9.84 Å². The van der Waals surface area contributed by atoms with Gasteiger partial charge >= 0.3 is 0 Å². The summed E-state index contributed by atoms with van der Waals surface area (Å²) in [6.07, 6.45) is 1.08. The van der Waals surface area contributed by atoms with Gasteiger partial charge in [0.15, 0.2) is 0 Å². The van der Waals surface area contributed by atoms with Gasteiger partial charge < -0.3 is 20.1 Å². The molecule has 2 rings (SSSR count). The van der Waals surface area contributed by atoms with Gasteiger partial charge in [-0.2, -0.15) is 0 Å². The van der Waals surface area contributed by atoms with Gasteiger partial charge in [-0.25, -0.2) is 0 Å². The predicted molar refractivity (Wildman–Crippen MR) is 86.8 cm³/mol. The third-order valence-electron chi connectivity index (χ3n) is 4.11. The number of morpholine rings is 1. The second-order valence-electron chi connectivity index (χ2n) is 5.93. The minimum absolute atomic E-state index is 0.0765. The summed E-state index contributed by atoms with van der Waals surface area (Å²) in [7, 11) is 0. The van der Waals surface area contributed by atoms with E-state index in [-0.39, 0.29) is 12.7 Å². The lowest BCUT2D eigenvalue weighted by Crippen LogP contribution is -2.49. The minimum Gasteiger partial charge on any atom is -0.394 e. The lowest BCUT2D eigenvalue weighted by Gasteiger charge is -2.39. The largest absolute Gasteiger partial charge is 0.394 e. The lowest BCUT2D eigenvalue weighted by atomic mass is 10.1. The molecule has 0 amide bonds. The van der Waals surface area contributed by atoms with E-state index in [1.54, 1.807) is 0 Å². The maximum Gasteiger partial charge on any atom is 0.0981 e. The normalized spacial score (nSPS) is 22.6. The average Bonchev–Trinajstić information content (AvgIpc) is 2.49. The summed E-state index contributed by atoms with van der Waals surface area (Å²) in [6.45, 7) is 10.0. The van der Waals surface area contributed by atoms with Crippen molar-refractivity contribution in [3.63, 3.8) is 0 Å². The molecule has 0 spiro atoms. The summed E-state index contributed by atoms with van der Waals surface area (Å²) < 4.78 is 5.61. The van der Waals surface area contributed by atoms with E-state index in [2.05, 4.69) is 49.2 Å². The molecule has 4 nitrogen and oxygen atoms in total. The molecule has 1 heterocycles. The number of hydrogen-bond acceptors (Lipinski definition) is 4. The van der Waals surface area contributed by atoms with Crippen LogP contribution in [0.25, 0.3) is 0 Å². The first-order valence-corrected chi connectivity index (χ1v) is 7.95. The Labute approximate surface area is 128 Å². The number of aryl methyl sites for hydroxylation is 1. The Kier molecular flexibility index (Phi) is 6.03. The zero-order valence-corrected chi connectivity index (χ0v) is 13.4. The van der Waals surface area contributed by atoms with E-state index in [4.69, 9.17) is 4.74 Å². The van der Waals surface area contributed by atoms with E-state index < -0.39 is 0 Å². The number of aliphatic hydroxyl groups excluding tert-OH is 1. The predicted octanol–water partition coefficient (Wildman–Crippen LogP) is 2.08. The van der Waals surface area contributed by atoms with Crippen molar-refractivity contribution in [2.45, 2.75) is 45.9 Å². The Morgan fingerprint density at radius 3 is 2.90 bits per heavy atom. The SMILES string of the molecule is CCCNCc1ccc(N2CC(CO)OCC2C)cc1C. The molecule has 0 saturated carbocycles. The Morgan fingerprint density at radius 2 is 2.24 bits per heavy atom. The van der Waals surface area contributed by atoms with E-state index in [1.165, 1.54) is 16.8 Å². The van der Waals surface area contributed by atoms with Crippen LogP contribution in [0, 0.1) is 6.92 Å². The molecule has 4 heteroatoms. The topological polar surface area (TPSA) is 44.7 Å². The third-order valence-corrected chi connectivity index (χ3v) is 4.11. The van der Waals surface area contributed by atoms with Crippen LogP contribution in [0.3, 0.4) is 0 Å². The van der Waals surface area contributed by atoms with Crippen molar-refractivity contribution >= 4 is 5.69 Å². The number of benzene rings is 1. The molecule has 118 valence electrons. The van der Waals surface area contributed by atoms with Gasteiger partial charge in [0.05, 0.1) is 19.3 Å². The van der Waals surface area contributed by atoms with Crippen molar-refractivity contribution in [2.24, 2.45) is 0 Å². The molecule has 0 aliphatic carbocycles. The van der Waals surface area contributed by atoms with E-state index in [1.807, 2.05) is 0 Å². The second kappa shape index (κ2) is 7.78. The highest BCUT2D eigenvalue weighted by molar-refractivity contribution is 5.52. The van der Waals surface area contributed by atoms with Crippen molar-refractivity contribution in [1.29, 1.82) is 0 Å². The van der Waals surface area contributed by atoms with E-state index in [9.17, 15) is 5.11 Å². The molecule has 21 heavy (non-hydrogen) atoms. The second-order valence-corrected chi connectivity index (χ2v) is 5.93. The molecule has 1 aliphatic heterocycles. The first kappa shape index (κ1) is 16.3. The molecule has 1 aromatic carbocycles. The maximum absolute atomic E-state index is 9.30. The summed E-state index contributed by atoms with van der Waals surface area (Å²) in [5.74, 6) is 0. The van der Waals surface area contributed by atoms with E-state index in [0.717, 1.165) is 26.1 Å². The summed E-state index contributed by atoms with van der Waals surface area (Å²) >= 11 is 0. The van der Waals surface area contributed by atoms with Gasteiger partial charge in [0.1, 0.15) is 0 Å². The van der Waals surface area contributed by atoms with Crippen LogP contribution in [0.1, 0.15) is 31.4 Å². The molecule has 1 aliphatic rings. The standard InChI is InChI=1S/C17H28N2O2/c1-4-7-18-9-15-5-6-16(8-13(15)2)19-10-17(11-20)21-12-14(19)3/h5-6,8,14,17-18,20H,4,7,9-12H2,1-3H3. The Balaban J connectivity index is 2.07. The Hall–Kier alpha value is -1.10. The first-order chi connectivity index (χ1) is 10.2. The summed E-state index contributed by atoms with van der Waals surface area (Å²) in [5.41, 5.74) is 3.89. The highest BCUT2D eigenvalue weighted by Gasteiger charge is 2.25. The van der Waals surface area contributed by atoms with Crippen molar-refractivity contribution in [3.8, 4) is 0 Å². The highest BCUT2D eigenvalue weighted by atomic mass is 16.5. The molecular weight excluding hydrogens is 264 g/mol. The zero-order valence-electron chi connectivity index (χ0n) is 13.4. The number of nitrogens with zero attached hydrogens (tertiary/aromatic N) is 1. The highest BCUT2D eigenvalue weighted by Crippen LogP contribution is 2.24. The number of rotatable bonds is 6. The van der Waals surface area contributed by atoms with Crippen LogP contribution in [0.15, 0.2) is 18.2 Å². The molecule has 1 fully saturated rings. The molecule has 1 saturated heterocycles. The number of ether oxygens (including phenoxy) is 1. The van der Waals surface area contributed by atoms with Crippen LogP contribution >= 0.6 is 0 Å². The van der Waals surface area contributed by atoms with Gasteiger partial charge in [-0.3, -0.25) is 0 Å². The summed E-state index contributed by atoms with van der Waals surface area (Å²) in [6, 6.07) is 6.99. The molecule has 1 aromatic rings. The fraction of sp³-hybridized carbons (Fsp3) is 0.647. The van der Waals surface area contributed by atoms with Gasteiger partial charge in [-0.15, -0.1) is 0 Å². The van der Waals surface area contributed by atoms with Crippen molar-refractivity contribution in [3.05, 3.63) is 29.3 Å². The Morgan fingerprint density at radius 1 is 1.43 bits per heavy atom. The lowest BCUT2D eigenvalue weighted by molar-refractivity contribution is -0.0103. The van der Waals surface area contributed by atoms with Crippen molar-refractivity contribution in [1.82, 2.24) is 5.32 Å². The molecule has 2 atom stereocenters. The molecule has 0 bridgehead atoms. The molecular formula is C17H28N2O2. The smallest absolute Gasteiger partial charge is 0.0981 e. The van der Waals surface area contributed by atoms with Gasteiger partial charge in [0, 0.05) is 24.8 Å². The van der Waals surface area contributed by atoms with Crippen LogP contribution < -0.4 is 10.2 Å². The van der Waals surface area contributed by atoms with Crippen molar-refractivity contribution in [2.75, 3.05) is 31.2 Å². The van der Waals surface area contributed by atoms with Gasteiger partial charge in [-0.05, 0) is 50.1 Å². The van der Waals surface area contributed by atoms with Crippen LogP contribution in [-0.4, -0.2) is 43.6 Å². The minimum atomic E-state index is -0.0765. The van der Waals surface area contributed by atoms with Gasteiger partial charge in [-0.1, -0.05) is 13.0 Å². The molecule has 0 aromatic heterocycles. The van der Waals surface area contributed by atoms with Gasteiger partial charge in [0.2, 0.25) is 0 Å². The van der Waals surface area contributed by atoms with Crippen LogP contribution in [0.2, 0.25) is 0 Å². The van der Waals surface area contributed by atoms with Crippen LogP contribution in [-0.2, 0) is 11.3 Å². The quantitative estimate of drug-likeness (QED) is 0.788. The van der Waals surface area contributed by atoms with Gasteiger partial charge in [0.25, 0.3) is 0 Å². The molecule has 2 unspecified atom stereocenters. The summed E-state index contributed by atoms with van der Waals surface area (Å²) in [5, 5.41) is 12.8. The Bertz CT molecular complexity index is 450. The fourth-order valence-electron chi connectivity index (χ4n) is 2.74. The number of hydrogen-bond donors (Lipinski definition) is 2. The average molecular weight is 292 g/mol.